The Morgan fingerprint density at radius 2 is 2.28 bits per heavy atom. The molecule has 3 nitrogen and oxygen atoms in total. The zero-order valence-corrected chi connectivity index (χ0v) is 12.8. The van der Waals surface area contributed by atoms with Crippen molar-refractivity contribution in [2.45, 2.75) is 52.1 Å². The predicted octanol–water partition coefficient (Wildman–Crippen LogP) is 2.61. The number of nitrogens with zero attached hydrogens (tertiary/aromatic N) is 2. The van der Waals surface area contributed by atoms with E-state index in [2.05, 4.69) is 38.0 Å². The maximum atomic E-state index is 5.97. The lowest BCUT2D eigenvalue weighted by Crippen LogP contribution is -2.29. The molecule has 0 aliphatic carbocycles. The first-order valence-electron chi connectivity index (χ1n) is 6.79. The van der Waals surface area contributed by atoms with Crippen LogP contribution in [0.1, 0.15) is 44.8 Å². The first-order valence-corrected chi connectivity index (χ1v) is 7.67. The van der Waals surface area contributed by atoms with Crippen LogP contribution in [0.3, 0.4) is 0 Å². The Labute approximate surface area is 114 Å². The Hall–Kier alpha value is -0.450. The molecule has 2 rings (SSSR count). The van der Waals surface area contributed by atoms with E-state index in [0.717, 1.165) is 19.6 Å². The fourth-order valence-corrected chi connectivity index (χ4v) is 3.29. The minimum absolute atomic E-state index is 0.169. The van der Waals surface area contributed by atoms with E-state index in [0.29, 0.717) is 12.0 Å². The minimum Gasteiger partial charge on any atom is -0.328 e. The molecule has 2 unspecified atom stereocenters. The summed E-state index contributed by atoms with van der Waals surface area (Å²) in [5.74, 6) is 0.658. The molecule has 2 N–H and O–H groups in total. The normalized spacial score (nSPS) is 23.5. The lowest BCUT2D eigenvalue weighted by molar-refractivity contribution is 0.305. The summed E-state index contributed by atoms with van der Waals surface area (Å²) in [5, 5.41) is 3.44. The van der Waals surface area contributed by atoms with Gasteiger partial charge in [0, 0.05) is 29.9 Å². The highest BCUT2D eigenvalue weighted by molar-refractivity contribution is 7.09. The quantitative estimate of drug-likeness (QED) is 0.915. The van der Waals surface area contributed by atoms with Gasteiger partial charge in [0.15, 0.2) is 0 Å². The lowest BCUT2D eigenvalue weighted by atomic mass is 9.98. The van der Waals surface area contributed by atoms with Gasteiger partial charge in [-0.2, -0.15) is 0 Å². The van der Waals surface area contributed by atoms with E-state index in [1.807, 2.05) is 0 Å². The largest absolute Gasteiger partial charge is 0.328 e. The summed E-state index contributed by atoms with van der Waals surface area (Å²) in [6, 6.07) is 0.315. The second-order valence-electron chi connectivity index (χ2n) is 6.54. The number of thiazole rings is 1. The molecule has 18 heavy (non-hydrogen) atoms. The summed E-state index contributed by atoms with van der Waals surface area (Å²) < 4.78 is 0. The van der Waals surface area contributed by atoms with Gasteiger partial charge >= 0.3 is 0 Å². The zero-order valence-electron chi connectivity index (χ0n) is 11.9. The van der Waals surface area contributed by atoms with E-state index >= 15 is 0 Å². The van der Waals surface area contributed by atoms with E-state index in [4.69, 9.17) is 10.7 Å². The molecule has 1 aliphatic rings. The summed E-state index contributed by atoms with van der Waals surface area (Å²) in [7, 11) is 0. The molecule has 0 radical (unpaired) electrons. The van der Waals surface area contributed by atoms with Crippen molar-refractivity contribution in [2.75, 3.05) is 13.1 Å². The Morgan fingerprint density at radius 1 is 1.56 bits per heavy atom. The number of hydrogen-bond donors (Lipinski definition) is 1. The van der Waals surface area contributed by atoms with E-state index in [1.54, 1.807) is 11.3 Å². The van der Waals surface area contributed by atoms with Crippen LogP contribution >= 0.6 is 11.3 Å². The van der Waals surface area contributed by atoms with Gasteiger partial charge in [0.25, 0.3) is 0 Å². The third-order valence-corrected chi connectivity index (χ3v) is 4.95. The molecule has 1 saturated heterocycles. The number of likely N-dealkylation sites (tertiary alicyclic amines) is 1. The van der Waals surface area contributed by atoms with Crippen LogP contribution in [0.2, 0.25) is 0 Å². The number of rotatable bonds is 3. The molecule has 1 fully saturated rings. The molecule has 2 atom stereocenters. The summed E-state index contributed by atoms with van der Waals surface area (Å²) in [5.41, 5.74) is 7.36. The molecule has 1 aromatic rings. The van der Waals surface area contributed by atoms with Crippen molar-refractivity contribution in [2.24, 2.45) is 11.7 Å². The van der Waals surface area contributed by atoms with E-state index in [1.165, 1.54) is 17.1 Å². The third kappa shape index (κ3) is 3.31. The summed E-state index contributed by atoms with van der Waals surface area (Å²) in [4.78, 5) is 7.24. The first kappa shape index (κ1) is 14.0. The third-order valence-electron chi connectivity index (χ3n) is 3.63. The topological polar surface area (TPSA) is 42.1 Å². The molecule has 0 saturated carbocycles. The van der Waals surface area contributed by atoms with Gasteiger partial charge in [0.2, 0.25) is 0 Å². The fourth-order valence-electron chi connectivity index (χ4n) is 2.39. The van der Waals surface area contributed by atoms with Crippen LogP contribution in [0.5, 0.6) is 0 Å². The van der Waals surface area contributed by atoms with Crippen molar-refractivity contribution in [1.29, 1.82) is 0 Å². The number of aromatic nitrogens is 1. The van der Waals surface area contributed by atoms with Crippen LogP contribution in [0.15, 0.2) is 5.38 Å². The molecular formula is C14H25N3S. The van der Waals surface area contributed by atoms with Crippen molar-refractivity contribution in [3.05, 3.63) is 16.1 Å². The van der Waals surface area contributed by atoms with Crippen LogP contribution in [0.25, 0.3) is 0 Å². The maximum absolute atomic E-state index is 5.97. The zero-order chi connectivity index (χ0) is 13.3. The summed E-state index contributed by atoms with van der Waals surface area (Å²) in [6.07, 6.45) is 1.23. The van der Waals surface area contributed by atoms with Crippen LogP contribution < -0.4 is 5.73 Å². The molecule has 0 bridgehead atoms. The molecule has 0 amide bonds. The molecule has 0 aromatic carbocycles. The van der Waals surface area contributed by atoms with Crippen LogP contribution in [0.4, 0.5) is 0 Å². The van der Waals surface area contributed by atoms with Crippen LogP contribution in [-0.2, 0) is 12.0 Å². The Kier molecular flexibility index (Phi) is 4.09. The first-order chi connectivity index (χ1) is 8.36. The van der Waals surface area contributed by atoms with Crippen molar-refractivity contribution < 1.29 is 0 Å². The minimum atomic E-state index is 0.169. The Morgan fingerprint density at radius 3 is 2.78 bits per heavy atom. The highest BCUT2D eigenvalue weighted by Gasteiger charge is 2.26. The Bertz CT molecular complexity index is 392. The standard InChI is InChI=1S/C14H25N3S/c1-10(15)11-5-6-17(7-11)8-12-9-18-13(16-12)14(2,3)4/h9-11H,5-8,15H2,1-4H3. The second-order valence-corrected chi connectivity index (χ2v) is 7.40. The van der Waals surface area contributed by atoms with E-state index in [-0.39, 0.29) is 5.41 Å². The van der Waals surface area contributed by atoms with Crippen molar-refractivity contribution in [1.82, 2.24) is 9.88 Å². The molecule has 1 aliphatic heterocycles. The SMILES string of the molecule is CC(N)C1CCN(Cc2csc(C(C)(C)C)n2)C1. The van der Waals surface area contributed by atoms with Gasteiger partial charge in [-0.1, -0.05) is 20.8 Å². The summed E-state index contributed by atoms with van der Waals surface area (Å²) in [6.45, 7) is 12.0. The molecule has 102 valence electrons. The Balaban J connectivity index is 1.93. The summed E-state index contributed by atoms with van der Waals surface area (Å²) >= 11 is 1.78. The molecule has 4 heteroatoms. The van der Waals surface area contributed by atoms with Crippen molar-refractivity contribution >= 4 is 11.3 Å². The van der Waals surface area contributed by atoms with Crippen molar-refractivity contribution in [3.63, 3.8) is 0 Å². The monoisotopic (exact) mass is 267 g/mol. The molecule has 2 heterocycles. The van der Waals surface area contributed by atoms with Gasteiger partial charge < -0.3 is 5.73 Å². The van der Waals surface area contributed by atoms with E-state index < -0.39 is 0 Å². The smallest absolute Gasteiger partial charge is 0.0982 e. The van der Waals surface area contributed by atoms with Gasteiger partial charge in [-0.05, 0) is 25.8 Å². The van der Waals surface area contributed by atoms with E-state index in [9.17, 15) is 0 Å². The van der Waals surface area contributed by atoms with Gasteiger partial charge in [0.1, 0.15) is 0 Å². The highest BCUT2D eigenvalue weighted by atomic mass is 32.1. The highest BCUT2D eigenvalue weighted by Crippen LogP contribution is 2.27. The predicted molar refractivity (Wildman–Crippen MR) is 77.8 cm³/mol. The van der Waals surface area contributed by atoms with Gasteiger partial charge in [-0.25, -0.2) is 4.98 Å². The number of hydrogen-bond acceptors (Lipinski definition) is 4. The average Bonchev–Trinajstić information content (AvgIpc) is 2.85. The fraction of sp³-hybridized carbons (Fsp3) is 0.786. The maximum Gasteiger partial charge on any atom is 0.0982 e. The lowest BCUT2D eigenvalue weighted by Gasteiger charge is -2.17. The van der Waals surface area contributed by atoms with Crippen molar-refractivity contribution in [3.8, 4) is 0 Å². The van der Waals surface area contributed by atoms with Crippen LogP contribution in [-0.4, -0.2) is 29.0 Å². The van der Waals surface area contributed by atoms with Crippen LogP contribution in [0, 0.1) is 5.92 Å². The second kappa shape index (κ2) is 5.27. The average molecular weight is 267 g/mol. The molecule has 0 spiro atoms. The molecular weight excluding hydrogens is 242 g/mol. The molecule has 1 aromatic heterocycles. The van der Waals surface area contributed by atoms with Gasteiger partial charge in [-0.15, -0.1) is 11.3 Å². The number of nitrogens with two attached hydrogens (primary N) is 1. The van der Waals surface area contributed by atoms with Gasteiger partial charge in [-0.3, -0.25) is 4.90 Å². The van der Waals surface area contributed by atoms with Gasteiger partial charge in [0.05, 0.1) is 10.7 Å².